The first-order valence-corrected chi connectivity index (χ1v) is 5.99. The largest absolute Gasteiger partial charge is 0.308 e. The minimum Gasteiger partial charge on any atom is -0.308 e. The van der Waals surface area contributed by atoms with Gasteiger partial charge in [-0.3, -0.25) is 0 Å². The van der Waals surface area contributed by atoms with Gasteiger partial charge in [-0.05, 0) is 25.3 Å². The third-order valence-electron chi connectivity index (χ3n) is 2.47. The van der Waals surface area contributed by atoms with Crippen molar-refractivity contribution in [1.82, 2.24) is 3.11 Å². The molecule has 0 radical (unpaired) electrons. The first-order valence-electron chi connectivity index (χ1n) is 5.03. The third kappa shape index (κ3) is 2.29. The van der Waals surface area contributed by atoms with Gasteiger partial charge in [0.05, 0.1) is 28.9 Å². The van der Waals surface area contributed by atoms with Crippen LogP contribution in [-0.4, -0.2) is 9.16 Å². The van der Waals surface area contributed by atoms with Gasteiger partial charge >= 0.3 is 0 Å². The lowest BCUT2D eigenvalue weighted by atomic mass is 10.1. The van der Waals surface area contributed by atoms with Crippen molar-refractivity contribution >= 4 is 22.9 Å². The highest BCUT2D eigenvalue weighted by atomic mass is 127. The number of hydrogen-bond acceptors (Lipinski definition) is 1. The lowest BCUT2D eigenvalue weighted by Gasteiger charge is -2.27. The molecule has 0 aromatic heterocycles. The Morgan fingerprint density at radius 2 is 2.14 bits per heavy atom. The van der Waals surface area contributed by atoms with Crippen molar-refractivity contribution in [3.8, 4) is 0 Å². The maximum Gasteiger partial charge on any atom is 0.0609 e. The molecule has 0 fully saturated rings. The van der Waals surface area contributed by atoms with E-state index in [1.165, 1.54) is 18.5 Å². The summed E-state index contributed by atoms with van der Waals surface area (Å²) in [6.45, 7) is 0. The van der Waals surface area contributed by atoms with Gasteiger partial charge in [0, 0.05) is 5.70 Å². The van der Waals surface area contributed by atoms with Gasteiger partial charge in [0.25, 0.3) is 0 Å². The quantitative estimate of drug-likeness (QED) is 0.554. The van der Waals surface area contributed by atoms with E-state index in [4.69, 9.17) is 0 Å². The molecule has 1 atom stereocenters. The van der Waals surface area contributed by atoms with Crippen molar-refractivity contribution in [1.29, 1.82) is 0 Å². The fourth-order valence-corrected chi connectivity index (χ4v) is 2.46. The predicted molar refractivity (Wildman–Crippen MR) is 69.0 cm³/mol. The first kappa shape index (κ1) is 10.0. The molecule has 2 aliphatic carbocycles. The van der Waals surface area contributed by atoms with E-state index in [1.807, 2.05) is 0 Å². The van der Waals surface area contributed by atoms with Gasteiger partial charge in [0.15, 0.2) is 0 Å². The molecule has 2 rings (SSSR count). The summed E-state index contributed by atoms with van der Waals surface area (Å²) in [7, 11) is 0. The molecule has 0 heterocycles. The smallest absolute Gasteiger partial charge is 0.0609 e. The molecule has 0 bridgehead atoms. The Kier molecular flexibility index (Phi) is 3.45. The number of halogens is 1. The second-order valence-electron chi connectivity index (χ2n) is 3.54. The standard InChI is InChI=1S/C12H14IN/c13-14(11-7-3-1-4-8-11)12-9-5-2-6-10-12/h1,3-5,7,9-11H,2,6,8H2. The Morgan fingerprint density at radius 3 is 2.79 bits per heavy atom. The summed E-state index contributed by atoms with van der Waals surface area (Å²) in [6, 6.07) is 0.523. The molecule has 1 nitrogen and oxygen atoms in total. The highest BCUT2D eigenvalue weighted by Crippen LogP contribution is 2.25. The average molecular weight is 299 g/mol. The minimum atomic E-state index is 0.523. The van der Waals surface area contributed by atoms with E-state index in [0.29, 0.717) is 6.04 Å². The predicted octanol–water partition coefficient (Wildman–Crippen LogP) is 3.76. The van der Waals surface area contributed by atoms with E-state index in [-0.39, 0.29) is 0 Å². The zero-order valence-electron chi connectivity index (χ0n) is 8.07. The summed E-state index contributed by atoms with van der Waals surface area (Å²) >= 11 is 2.41. The van der Waals surface area contributed by atoms with Crippen LogP contribution in [0.15, 0.2) is 48.2 Å². The number of rotatable bonds is 2. The van der Waals surface area contributed by atoms with E-state index >= 15 is 0 Å². The van der Waals surface area contributed by atoms with Gasteiger partial charge < -0.3 is 3.11 Å². The lowest BCUT2D eigenvalue weighted by molar-refractivity contribution is 0.527. The molecule has 0 spiro atoms. The summed E-state index contributed by atoms with van der Waals surface area (Å²) in [5.41, 5.74) is 1.35. The van der Waals surface area contributed by atoms with Crippen LogP contribution in [0.3, 0.4) is 0 Å². The molecule has 0 saturated carbocycles. The van der Waals surface area contributed by atoms with Gasteiger partial charge in [-0.1, -0.05) is 36.5 Å². The van der Waals surface area contributed by atoms with E-state index in [2.05, 4.69) is 68.5 Å². The molecule has 0 aliphatic heterocycles. The summed E-state index contributed by atoms with van der Waals surface area (Å²) in [5, 5.41) is 0. The fourth-order valence-electron chi connectivity index (χ4n) is 1.69. The number of nitrogens with zero attached hydrogens (tertiary/aromatic N) is 1. The fraction of sp³-hybridized carbons (Fsp3) is 0.333. The van der Waals surface area contributed by atoms with Crippen LogP contribution in [0.4, 0.5) is 0 Å². The molecule has 14 heavy (non-hydrogen) atoms. The van der Waals surface area contributed by atoms with Crippen LogP contribution in [0.25, 0.3) is 0 Å². The molecule has 0 amide bonds. The summed E-state index contributed by atoms with van der Waals surface area (Å²) in [5.74, 6) is 0. The van der Waals surface area contributed by atoms with Crippen LogP contribution in [0.5, 0.6) is 0 Å². The molecule has 0 aromatic carbocycles. The van der Waals surface area contributed by atoms with E-state index in [1.54, 1.807) is 0 Å². The van der Waals surface area contributed by atoms with Crippen molar-refractivity contribution in [2.75, 3.05) is 0 Å². The van der Waals surface area contributed by atoms with Crippen LogP contribution in [0.1, 0.15) is 19.3 Å². The zero-order valence-corrected chi connectivity index (χ0v) is 10.2. The van der Waals surface area contributed by atoms with Crippen LogP contribution >= 0.6 is 22.9 Å². The van der Waals surface area contributed by atoms with Crippen molar-refractivity contribution < 1.29 is 0 Å². The molecule has 0 saturated heterocycles. The van der Waals surface area contributed by atoms with E-state index in [9.17, 15) is 0 Å². The maximum absolute atomic E-state index is 2.41. The zero-order chi connectivity index (χ0) is 9.80. The number of allylic oxidation sites excluding steroid dienone is 5. The van der Waals surface area contributed by atoms with Gasteiger partial charge in [-0.25, -0.2) is 0 Å². The Balaban J connectivity index is 2.04. The van der Waals surface area contributed by atoms with Crippen LogP contribution < -0.4 is 0 Å². The normalized spacial score (nSPS) is 24.9. The lowest BCUT2D eigenvalue weighted by Crippen LogP contribution is -2.24. The summed E-state index contributed by atoms with van der Waals surface area (Å²) < 4.78 is 2.33. The molecule has 74 valence electrons. The van der Waals surface area contributed by atoms with Crippen molar-refractivity contribution in [3.05, 3.63) is 48.2 Å². The molecule has 1 unspecified atom stereocenters. The Labute approximate surface area is 99.4 Å². The maximum atomic E-state index is 2.41. The van der Waals surface area contributed by atoms with Crippen LogP contribution in [0.2, 0.25) is 0 Å². The summed E-state index contributed by atoms with van der Waals surface area (Å²) in [4.78, 5) is 0. The average Bonchev–Trinajstić information content (AvgIpc) is 2.30. The monoisotopic (exact) mass is 299 g/mol. The van der Waals surface area contributed by atoms with Crippen molar-refractivity contribution in [3.63, 3.8) is 0 Å². The number of hydrogen-bond donors (Lipinski definition) is 0. The molecule has 2 heteroatoms. The van der Waals surface area contributed by atoms with Gasteiger partial charge in [-0.15, -0.1) is 0 Å². The first-order chi connectivity index (χ1) is 6.88. The SMILES string of the molecule is IN(C1=CCCC=C1)C1C=CC=CC1. The third-order valence-corrected chi connectivity index (χ3v) is 3.74. The molecular weight excluding hydrogens is 285 g/mol. The van der Waals surface area contributed by atoms with E-state index < -0.39 is 0 Å². The Hall–Kier alpha value is -0.510. The Morgan fingerprint density at radius 1 is 1.21 bits per heavy atom. The van der Waals surface area contributed by atoms with Gasteiger partial charge in [0.1, 0.15) is 0 Å². The highest BCUT2D eigenvalue weighted by molar-refractivity contribution is 14.1. The topological polar surface area (TPSA) is 3.24 Å². The van der Waals surface area contributed by atoms with Crippen LogP contribution in [0, 0.1) is 0 Å². The van der Waals surface area contributed by atoms with Crippen molar-refractivity contribution in [2.24, 2.45) is 0 Å². The second kappa shape index (κ2) is 4.82. The molecule has 0 aromatic rings. The van der Waals surface area contributed by atoms with Gasteiger partial charge in [-0.2, -0.15) is 0 Å². The van der Waals surface area contributed by atoms with E-state index in [0.717, 1.165) is 6.42 Å². The molecule has 0 N–H and O–H groups in total. The highest BCUT2D eigenvalue weighted by Gasteiger charge is 2.15. The van der Waals surface area contributed by atoms with Crippen molar-refractivity contribution in [2.45, 2.75) is 25.3 Å². The van der Waals surface area contributed by atoms with Gasteiger partial charge in [0.2, 0.25) is 0 Å². The summed E-state index contributed by atoms with van der Waals surface area (Å²) in [6.07, 6.45) is 19.0. The molecule has 2 aliphatic rings. The Bertz CT molecular complexity index is 312. The molecular formula is C12H14IN. The van der Waals surface area contributed by atoms with Crippen LogP contribution in [-0.2, 0) is 0 Å². The second-order valence-corrected chi connectivity index (χ2v) is 4.58. The minimum absolute atomic E-state index is 0.523.